The molecule has 32 heavy (non-hydrogen) atoms. The number of nitrogens with one attached hydrogen (secondary N) is 1. The molecule has 0 atom stereocenters. The second-order valence-electron chi connectivity index (χ2n) is 7.78. The first-order valence-electron chi connectivity index (χ1n) is 10.7. The molecule has 1 heterocycles. The molecule has 174 valence electrons. The Morgan fingerprint density at radius 2 is 1.69 bits per heavy atom. The van der Waals surface area contributed by atoms with Crippen LogP contribution in [-0.2, 0) is 25.3 Å². The van der Waals surface area contributed by atoms with E-state index in [9.17, 15) is 13.2 Å². The summed E-state index contributed by atoms with van der Waals surface area (Å²) in [6, 6.07) is 17.1. The van der Waals surface area contributed by atoms with Gasteiger partial charge in [-0.2, -0.15) is 12.7 Å². The summed E-state index contributed by atoms with van der Waals surface area (Å²) in [5, 5.41) is 2.96. The summed E-state index contributed by atoms with van der Waals surface area (Å²) < 4.78 is 33.5. The Hall–Kier alpha value is -2.46. The van der Waals surface area contributed by atoms with Gasteiger partial charge in [-0.05, 0) is 37.5 Å². The van der Waals surface area contributed by atoms with Crippen molar-refractivity contribution in [1.29, 1.82) is 0 Å². The number of benzene rings is 2. The number of amides is 1. The lowest BCUT2D eigenvalue weighted by atomic mass is 9.70. The van der Waals surface area contributed by atoms with Crippen LogP contribution in [0.15, 0.2) is 54.6 Å². The van der Waals surface area contributed by atoms with Gasteiger partial charge < -0.3 is 10.1 Å². The van der Waals surface area contributed by atoms with Crippen molar-refractivity contribution in [3.8, 4) is 5.75 Å². The first kappa shape index (κ1) is 24.2. The molecule has 0 aromatic heterocycles. The van der Waals surface area contributed by atoms with E-state index < -0.39 is 15.6 Å². The third-order valence-electron chi connectivity index (χ3n) is 5.99. The normalized spacial score (nSPS) is 16.6. The summed E-state index contributed by atoms with van der Waals surface area (Å²) in [6.45, 7) is 2.56. The second-order valence-corrected chi connectivity index (χ2v) is 9.60. The molecular formula is C23H31N3O5S. The quantitative estimate of drug-likeness (QED) is 0.580. The van der Waals surface area contributed by atoms with Gasteiger partial charge in [0.1, 0.15) is 5.75 Å². The molecule has 1 aliphatic heterocycles. The molecule has 3 rings (SSSR count). The first-order valence-corrected chi connectivity index (χ1v) is 12.1. The van der Waals surface area contributed by atoms with E-state index in [-0.39, 0.29) is 18.9 Å². The number of ether oxygens (including phenoxy) is 1. The number of para-hydroxylation sites is 2. The number of hydrogen-bond acceptors (Lipinski definition) is 5. The van der Waals surface area contributed by atoms with Crippen LogP contribution >= 0.6 is 0 Å². The molecule has 0 spiro atoms. The van der Waals surface area contributed by atoms with E-state index in [1.165, 1.54) is 11.4 Å². The number of hydroxylamine groups is 1. The Morgan fingerprint density at radius 3 is 2.28 bits per heavy atom. The van der Waals surface area contributed by atoms with Crippen molar-refractivity contribution in [1.82, 2.24) is 8.77 Å². The fourth-order valence-electron chi connectivity index (χ4n) is 4.27. The van der Waals surface area contributed by atoms with Crippen molar-refractivity contribution in [3.63, 3.8) is 0 Å². The largest absolute Gasteiger partial charge is 0.495 e. The van der Waals surface area contributed by atoms with E-state index in [4.69, 9.17) is 9.57 Å². The van der Waals surface area contributed by atoms with E-state index in [2.05, 4.69) is 5.32 Å². The van der Waals surface area contributed by atoms with Crippen LogP contribution in [-0.4, -0.2) is 57.0 Å². The Labute approximate surface area is 190 Å². The maximum atomic E-state index is 13.1. The Kier molecular flexibility index (Phi) is 7.89. The Morgan fingerprint density at radius 1 is 1.06 bits per heavy atom. The SMILES string of the molecule is CCN(OC)S(=O)(=O)N1CCC(CC(=O)Nc2ccccc2OC)(c2ccccc2)CC1. The third-order valence-corrected chi connectivity index (χ3v) is 7.93. The summed E-state index contributed by atoms with van der Waals surface area (Å²) in [7, 11) is -0.805. The average Bonchev–Trinajstić information content (AvgIpc) is 2.81. The monoisotopic (exact) mass is 461 g/mol. The standard InChI is InChI=1S/C23H31N3O5S/c1-4-26(31-3)32(28,29)25-16-14-23(15-17-25,19-10-6-5-7-11-19)18-22(27)24-20-12-8-9-13-21(20)30-2/h5-13H,4,14-18H2,1-3H3,(H,24,27). The highest BCUT2D eigenvalue weighted by molar-refractivity contribution is 7.86. The minimum atomic E-state index is -3.72. The predicted molar refractivity (Wildman–Crippen MR) is 123 cm³/mol. The average molecular weight is 462 g/mol. The van der Waals surface area contributed by atoms with E-state index >= 15 is 0 Å². The molecule has 0 bridgehead atoms. The fraction of sp³-hybridized carbons (Fsp3) is 0.435. The topological polar surface area (TPSA) is 88.2 Å². The van der Waals surface area contributed by atoms with Crippen LogP contribution in [0.5, 0.6) is 5.75 Å². The molecule has 1 N–H and O–H groups in total. The molecule has 1 saturated heterocycles. The lowest BCUT2D eigenvalue weighted by molar-refractivity contribution is -0.117. The van der Waals surface area contributed by atoms with Gasteiger partial charge in [-0.3, -0.25) is 9.63 Å². The molecule has 8 nitrogen and oxygen atoms in total. The molecule has 1 aliphatic rings. The second kappa shape index (κ2) is 10.4. The van der Waals surface area contributed by atoms with Gasteiger partial charge in [-0.15, -0.1) is 0 Å². The van der Waals surface area contributed by atoms with Crippen LogP contribution in [0.3, 0.4) is 0 Å². The van der Waals surface area contributed by atoms with Gasteiger partial charge in [-0.25, -0.2) is 0 Å². The van der Waals surface area contributed by atoms with Gasteiger partial charge in [0.25, 0.3) is 0 Å². The number of nitrogens with zero attached hydrogens (tertiary/aromatic N) is 2. The van der Waals surface area contributed by atoms with Gasteiger partial charge in [0.15, 0.2) is 0 Å². The number of piperidine rings is 1. The molecule has 2 aromatic carbocycles. The van der Waals surface area contributed by atoms with Gasteiger partial charge >= 0.3 is 10.2 Å². The first-order chi connectivity index (χ1) is 15.4. The van der Waals surface area contributed by atoms with Crippen molar-refractivity contribution < 1.29 is 22.8 Å². The number of methoxy groups -OCH3 is 1. The number of carbonyl (C=O) groups is 1. The number of anilines is 1. The summed E-state index contributed by atoms with van der Waals surface area (Å²) in [6.07, 6.45) is 1.29. The van der Waals surface area contributed by atoms with Crippen LogP contribution in [0.4, 0.5) is 5.69 Å². The summed E-state index contributed by atoms with van der Waals surface area (Å²) >= 11 is 0. The van der Waals surface area contributed by atoms with Gasteiger partial charge in [0.2, 0.25) is 5.91 Å². The van der Waals surface area contributed by atoms with Crippen LogP contribution in [0.2, 0.25) is 0 Å². The van der Waals surface area contributed by atoms with E-state index in [1.807, 2.05) is 42.5 Å². The van der Waals surface area contributed by atoms with E-state index in [1.54, 1.807) is 26.2 Å². The number of rotatable bonds is 9. The molecule has 0 aliphatic carbocycles. The minimum absolute atomic E-state index is 0.137. The molecule has 0 saturated carbocycles. The zero-order valence-corrected chi connectivity index (χ0v) is 19.6. The van der Waals surface area contributed by atoms with Crippen molar-refractivity contribution >= 4 is 21.8 Å². The molecule has 2 aromatic rings. The van der Waals surface area contributed by atoms with Crippen molar-refractivity contribution in [2.75, 3.05) is 39.2 Å². The minimum Gasteiger partial charge on any atom is -0.495 e. The molecular weight excluding hydrogens is 430 g/mol. The molecule has 1 amide bonds. The summed E-state index contributed by atoms with van der Waals surface area (Å²) in [5.41, 5.74) is 1.18. The van der Waals surface area contributed by atoms with E-state index in [0.717, 1.165) is 10.0 Å². The number of carbonyl (C=O) groups excluding carboxylic acids is 1. The highest BCUT2D eigenvalue weighted by Gasteiger charge is 2.42. The lowest BCUT2D eigenvalue weighted by Gasteiger charge is -2.42. The van der Waals surface area contributed by atoms with Crippen molar-refractivity contribution in [2.45, 2.75) is 31.6 Å². The van der Waals surface area contributed by atoms with Crippen LogP contribution in [0.1, 0.15) is 31.7 Å². The van der Waals surface area contributed by atoms with Gasteiger partial charge in [0, 0.05) is 31.5 Å². The smallest absolute Gasteiger partial charge is 0.304 e. The van der Waals surface area contributed by atoms with Crippen molar-refractivity contribution in [3.05, 3.63) is 60.2 Å². The van der Waals surface area contributed by atoms with Crippen LogP contribution in [0.25, 0.3) is 0 Å². The van der Waals surface area contributed by atoms with Crippen LogP contribution < -0.4 is 10.1 Å². The maximum Gasteiger partial charge on any atom is 0.304 e. The summed E-state index contributed by atoms with van der Waals surface area (Å²) in [4.78, 5) is 18.1. The Balaban J connectivity index is 1.81. The molecule has 1 fully saturated rings. The molecule has 0 unspecified atom stereocenters. The molecule has 0 radical (unpaired) electrons. The third kappa shape index (κ3) is 5.12. The summed E-state index contributed by atoms with van der Waals surface area (Å²) in [5.74, 6) is 0.455. The lowest BCUT2D eigenvalue weighted by Crippen LogP contribution is -2.50. The Bertz CT molecular complexity index is 1000. The number of hydrogen-bond donors (Lipinski definition) is 1. The highest BCUT2D eigenvalue weighted by Crippen LogP contribution is 2.40. The van der Waals surface area contributed by atoms with Gasteiger partial charge in [-0.1, -0.05) is 46.9 Å². The molecule has 9 heteroatoms. The van der Waals surface area contributed by atoms with Gasteiger partial charge in [0.05, 0.1) is 19.9 Å². The maximum absolute atomic E-state index is 13.1. The predicted octanol–water partition coefficient (Wildman–Crippen LogP) is 3.19. The zero-order chi connectivity index (χ0) is 23.2. The fourth-order valence-corrected chi connectivity index (χ4v) is 5.69. The van der Waals surface area contributed by atoms with Crippen molar-refractivity contribution in [2.24, 2.45) is 0 Å². The zero-order valence-electron chi connectivity index (χ0n) is 18.8. The van der Waals surface area contributed by atoms with Crippen LogP contribution in [0, 0.1) is 0 Å². The highest BCUT2D eigenvalue weighted by atomic mass is 32.2. The van der Waals surface area contributed by atoms with E-state index in [0.29, 0.717) is 37.4 Å².